The molecule has 1 aromatic carbocycles. The van der Waals surface area contributed by atoms with Crippen LogP contribution in [-0.4, -0.2) is 11.9 Å². The first-order valence-electron chi connectivity index (χ1n) is 6.85. The quantitative estimate of drug-likeness (QED) is 0.420. The molecule has 0 amide bonds. The van der Waals surface area contributed by atoms with Crippen LogP contribution in [0.1, 0.15) is 51.5 Å². The Morgan fingerprint density at radius 3 is 2.74 bits per heavy atom. The van der Waals surface area contributed by atoms with Crippen LogP contribution in [0.25, 0.3) is 0 Å². The lowest BCUT2D eigenvalue weighted by molar-refractivity contribution is 0.206. The standard InChI is InChI=1S/C15H23BrN2O/c1-3-4-5-6-7-11(2)19-14-10-12(16)8-9-13(14)15(17)18/h8-11H,3-7H2,1-2H3,(H3,17,18). The van der Waals surface area contributed by atoms with E-state index in [0.717, 1.165) is 10.9 Å². The van der Waals surface area contributed by atoms with Crippen LogP contribution in [0, 0.1) is 5.41 Å². The molecule has 0 aliphatic carbocycles. The van der Waals surface area contributed by atoms with Crippen molar-refractivity contribution in [1.82, 2.24) is 0 Å². The lowest BCUT2D eigenvalue weighted by Gasteiger charge is -2.17. The summed E-state index contributed by atoms with van der Waals surface area (Å²) in [6.07, 6.45) is 6.13. The summed E-state index contributed by atoms with van der Waals surface area (Å²) in [5.74, 6) is 0.727. The third kappa shape index (κ3) is 5.64. The van der Waals surface area contributed by atoms with E-state index < -0.39 is 0 Å². The Balaban J connectivity index is 2.60. The van der Waals surface area contributed by atoms with Gasteiger partial charge in [-0.05, 0) is 38.0 Å². The van der Waals surface area contributed by atoms with Gasteiger partial charge >= 0.3 is 0 Å². The number of nitrogens with one attached hydrogen (secondary N) is 1. The summed E-state index contributed by atoms with van der Waals surface area (Å²) in [5, 5.41) is 7.57. The van der Waals surface area contributed by atoms with Gasteiger partial charge in [0.05, 0.1) is 11.7 Å². The number of ether oxygens (including phenoxy) is 1. The fraction of sp³-hybridized carbons (Fsp3) is 0.533. The van der Waals surface area contributed by atoms with Crippen LogP contribution in [0.2, 0.25) is 0 Å². The molecule has 0 aliphatic rings. The van der Waals surface area contributed by atoms with E-state index in [4.69, 9.17) is 15.9 Å². The van der Waals surface area contributed by atoms with Gasteiger partial charge in [-0.15, -0.1) is 0 Å². The molecule has 0 spiro atoms. The minimum atomic E-state index is 0.0423. The van der Waals surface area contributed by atoms with Crippen LogP contribution in [0.4, 0.5) is 0 Å². The normalized spacial score (nSPS) is 12.2. The van der Waals surface area contributed by atoms with Crippen molar-refractivity contribution in [2.45, 2.75) is 52.1 Å². The number of hydrogen-bond donors (Lipinski definition) is 2. The van der Waals surface area contributed by atoms with E-state index in [0.29, 0.717) is 11.3 Å². The molecule has 3 N–H and O–H groups in total. The van der Waals surface area contributed by atoms with E-state index in [1.807, 2.05) is 18.2 Å². The summed E-state index contributed by atoms with van der Waals surface area (Å²) in [6.45, 7) is 4.28. The van der Waals surface area contributed by atoms with Crippen LogP contribution in [0.5, 0.6) is 5.75 Å². The zero-order chi connectivity index (χ0) is 14.3. The van der Waals surface area contributed by atoms with Gasteiger partial charge < -0.3 is 10.5 Å². The maximum Gasteiger partial charge on any atom is 0.131 e. The third-order valence-corrected chi connectivity index (χ3v) is 3.52. The maximum atomic E-state index is 7.57. The lowest BCUT2D eigenvalue weighted by Crippen LogP contribution is -2.17. The molecule has 1 unspecified atom stereocenters. The molecule has 19 heavy (non-hydrogen) atoms. The third-order valence-electron chi connectivity index (χ3n) is 3.03. The van der Waals surface area contributed by atoms with Gasteiger partial charge in [-0.1, -0.05) is 42.1 Å². The SMILES string of the molecule is CCCCCCC(C)Oc1cc(Br)ccc1C(=N)N. The van der Waals surface area contributed by atoms with Crippen molar-refractivity contribution in [2.75, 3.05) is 0 Å². The van der Waals surface area contributed by atoms with E-state index in [1.54, 1.807) is 0 Å². The fourth-order valence-electron chi connectivity index (χ4n) is 1.95. The molecule has 1 rings (SSSR count). The van der Waals surface area contributed by atoms with Gasteiger partial charge in [0.1, 0.15) is 11.6 Å². The van der Waals surface area contributed by atoms with E-state index in [-0.39, 0.29) is 11.9 Å². The maximum absolute atomic E-state index is 7.57. The van der Waals surface area contributed by atoms with Crippen molar-refractivity contribution >= 4 is 21.8 Å². The van der Waals surface area contributed by atoms with Gasteiger partial charge in [-0.3, -0.25) is 5.41 Å². The minimum Gasteiger partial charge on any atom is -0.490 e. The molecular weight excluding hydrogens is 304 g/mol. The fourth-order valence-corrected chi connectivity index (χ4v) is 2.29. The molecule has 0 aliphatic heterocycles. The molecule has 0 aromatic heterocycles. The molecule has 3 nitrogen and oxygen atoms in total. The van der Waals surface area contributed by atoms with Crippen LogP contribution < -0.4 is 10.5 Å². The molecule has 0 fully saturated rings. The zero-order valence-electron chi connectivity index (χ0n) is 11.7. The van der Waals surface area contributed by atoms with Gasteiger partial charge in [0.25, 0.3) is 0 Å². The molecule has 0 radical (unpaired) electrons. The molecular formula is C15H23BrN2O. The molecule has 0 saturated carbocycles. The van der Waals surface area contributed by atoms with Gasteiger partial charge in [0.2, 0.25) is 0 Å². The highest BCUT2D eigenvalue weighted by atomic mass is 79.9. The van der Waals surface area contributed by atoms with Gasteiger partial charge in [0, 0.05) is 4.47 Å². The second-order valence-corrected chi connectivity index (χ2v) is 5.75. The Bertz CT molecular complexity index is 421. The first kappa shape index (κ1) is 16.0. The number of hydrogen-bond acceptors (Lipinski definition) is 2. The Labute approximate surface area is 124 Å². The van der Waals surface area contributed by atoms with Gasteiger partial charge in [-0.25, -0.2) is 0 Å². The summed E-state index contributed by atoms with van der Waals surface area (Å²) in [4.78, 5) is 0. The summed E-state index contributed by atoms with van der Waals surface area (Å²) < 4.78 is 6.85. The minimum absolute atomic E-state index is 0.0423. The van der Waals surface area contributed by atoms with Crippen LogP contribution >= 0.6 is 15.9 Å². The van der Waals surface area contributed by atoms with Crippen LogP contribution in [0.3, 0.4) is 0 Å². The number of halogens is 1. The highest BCUT2D eigenvalue weighted by Crippen LogP contribution is 2.25. The number of rotatable bonds is 8. The monoisotopic (exact) mass is 326 g/mol. The molecule has 1 aromatic rings. The van der Waals surface area contributed by atoms with E-state index in [1.165, 1.54) is 25.7 Å². The topological polar surface area (TPSA) is 59.1 Å². The Morgan fingerprint density at radius 2 is 2.11 bits per heavy atom. The van der Waals surface area contributed by atoms with E-state index in [2.05, 4.69) is 29.8 Å². The van der Waals surface area contributed by atoms with Crippen molar-refractivity contribution in [3.63, 3.8) is 0 Å². The molecule has 4 heteroatoms. The van der Waals surface area contributed by atoms with Crippen molar-refractivity contribution in [2.24, 2.45) is 5.73 Å². The zero-order valence-corrected chi connectivity index (χ0v) is 13.3. The van der Waals surface area contributed by atoms with E-state index in [9.17, 15) is 0 Å². The Hall–Kier alpha value is -1.03. The van der Waals surface area contributed by atoms with Crippen molar-refractivity contribution in [3.05, 3.63) is 28.2 Å². The largest absolute Gasteiger partial charge is 0.490 e. The summed E-state index contributed by atoms with van der Waals surface area (Å²) in [5.41, 5.74) is 6.22. The number of benzene rings is 1. The number of unbranched alkanes of at least 4 members (excludes halogenated alkanes) is 3. The smallest absolute Gasteiger partial charge is 0.131 e. The van der Waals surface area contributed by atoms with Crippen LogP contribution in [-0.2, 0) is 0 Å². The number of nitrogens with two attached hydrogens (primary N) is 1. The van der Waals surface area contributed by atoms with Crippen molar-refractivity contribution < 1.29 is 4.74 Å². The highest BCUT2D eigenvalue weighted by molar-refractivity contribution is 9.10. The lowest BCUT2D eigenvalue weighted by atomic mass is 10.1. The highest BCUT2D eigenvalue weighted by Gasteiger charge is 2.11. The van der Waals surface area contributed by atoms with Gasteiger partial charge in [-0.2, -0.15) is 0 Å². The van der Waals surface area contributed by atoms with E-state index >= 15 is 0 Å². The number of nitrogen functional groups attached to an aromatic ring is 1. The predicted octanol–water partition coefficient (Wildman–Crippen LogP) is 4.47. The van der Waals surface area contributed by atoms with Crippen LogP contribution in [0.15, 0.2) is 22.7 Å². The summed E-state index contributed by atoms with van der Waals surface area (Å²) >= 11 is 3.42. The molecule has 1 atom stereocenters. The Kier molecular flexibility index (Phi) is 6.92. The second-order valence-electron chi connectivity index (χ2n) is 4.83. The first-order valence-corrected chi connectivity index (χ1v) is 7.64. The Morgan fingerprint density at radius 1 is 1.37 bits per heavy atom. The average Bonchev–Trinajstić information content (AvgIpc) is 2.34. The molecule has 106 valence electrons. The van der Waals surface area contributed by atoms with Gasteiger partial charge in [0.15, 0.2) is 0 Å². The molecule has 0 bridgehead atoms. The summed E-state index contributed by atoms with van der Waals surface area (Å²) in [6, 6.07) is 5.56. The molecule has 0 heterocycles. The second kappa shape index (κ2) is 8.20. The molecule has 0 saturated heterocycles. The van der Waals surface area contributed by atoms with Crippen molar-refractivity contribution in [3.8, 4) is 5.75 Å². The first-order chi connectivity index (χ1) is 9.04. The predicted molar refractivity (Wildman–Crippen MR) is 84.0 cm³/mol. The number of amidine groups is 1. The van der Waals surface area contributed by atoms with Crippen molar-refractivity contribution in [1.29, 1.82) is 5.41 Å². The summed E-state index contributed by atoms with van der Waals surface area (Å²) in [7, 11) is 0. The average molecular weight is 327 g/mol.